The molecule has 0 bridgehead atoms. The molecule has 5 heteroatoms. The van der Waals surface area contributed by atoms with E-state index in [0.29, 0.717) is 0 Å². The third kappa shape index (κ3) is 3.74. The fraction of sp³-hybridized carbons (Fsp3) is 1.00. The molecule has 2 aliphatic rings. The van der Waals surface area contributed by atoms with E-state index in [4.69, 9.17) is 14.2 Å². The zero-order valence-corrected chi connectivity index (χ0v) is 15.3. The van der Waals surface area contributed by atoms with E-state index in [2.05, 4.69) is 13.8 Å². The largest absolute Gasteiger partial charge is 0.390 e. The lowest BCUT2D eigenvalue weighted by Gasteiger charge is -2.47. The zero-order valence-electron chi connectivity index (χ0n) is 15.3. The quantitative estimate of drug-likeness (QED) is 0.828. The molecule has 10 atom stereocenters. The van der Waals surface area contributed by atoms with E-state index in [9.17, 15) is 10.2 Å². The molecule has 2 saturated heterocycles. The van der Waals surface area contributed by atoms with Crippen LogP contribution in [-0.4, -0.2) is 53.1 Å². The van der Waals surface area contributed by atoms with Crippen LogP contribution >= 0.6 is 0 Å². The maximum absolute atomic E-state index is 10.3. The maximum atomic E-state index is 10.3. The Labute approximate surface area is 140 Å². The molecule has 5 nitrogen and oxygen atoms in total. The van der Waals surface area contributed by atoms with Crippen molar-refractivity contribution in [2.45, 2.75) is 97.3 Å². The molecule has 0 aromatic carbocycles. The molecule has 2 N–H and O–H groups in total. The molecule has 2 rings (SSSR count). The average molecular weight is 330 g/mol. The summed E-state index contributed by atoms with van der Waals surface area (Å²) in [7, 11) is 0. The molecule has 2 fully saturated rings. The molecule has 0 radical (unpaired) electrons. The molecule has 0 aliphatic carbocycles. The van der Waals surface area contributed by atoms with Crippen LogP contribution in [-0.2, 0) is 14.2 Å². The Bertz CT molecular complexity index is 372. The molecule has 2 heterocycles. The van der Waals surface area contributed by atoms with Gasteiger partial charge in [0.2, 0.25) is 0 Å². The SMILES string of the molecule is CCC1O[C@@H](O[C@@H]2C(CC)O[C@@H](C)C(O)[C@H]2C)C(C)[C@@H](C)[C@@H]1O. The first-order chi connectivity index (χ1) is 10.8. The van der Waals surface area contributed by atoms with E-state index in [1.54, 1.807) is 0 Å². The van der Waals surface area contributed by atoms with Gasteiger partial charge in [0.15, 0.2) is 6.29 Å². The van der Waals surface area contributed by atoms with E-state index >= 15 is 0 Å². The fourth-order valence-electron chi connectivity index (χ4n) is 3.86. The predicted octanol–water partition coefficient (Wildman–Crippen LogP) is 2.33. The first kappa shape index (κ1) is 19.1. The van der Waals surface area contributed by atoms with E-state index in [1.807, 2.05) is 27.7 Å². The highest BCUT2D eigenvalue weighted by Gasteiger charge is 2.46. The van der Waals surface area contributed by atoms with Crippen LogP contribution in [0.3, 0.4) is 0 Å². The van der Waals surface area contributed by atoms with Crippen molar-refractivity contribution in [1.82, 2.24) is 0 Å². The first-order valence-electron chi connectivity index (χ1n) is 9.14. The Morgan fingerprint density at radius 3 is 1.96 bits per heavy atom. The van der Waals surface area contributed by atoms with Crippen LogP contribution in [0.4, 0.5) is 0 Å². The summed E-state index contributed by atoms with van der Waals surface area (Å²) in [4.78, 5) is 0. The molecule has 4 unspecified atom stereocenters. The van der Waals surface area contributed by atoms with E-state index in [0.717, 1.165) is 12.8 Å². The number of hydrogen-bond acceptors (Lipinski definition) is 5. The molecular formula is C18H34O5. The second-order valence-corrected chi connectivity index (χ2v) is 7.40. The van der Waals surface area contributed by atoms with Gasteiger partial charge < -0.3 is 24.4 Å². The number of aliphatic hydroxyl groups is 2. The van der Waals surface area contributed by atoms with Crippen LogP contribution in [0.2, 0.25) is 0 Å². The minimum Gasteiger partial charge on any atom is -0.390 e. The Hall–Kier alpha value is -0.200. The Morgan fingerprint density at radius 2 is 1.39 bits per heavy atom. The summed E-state index contributed by atoms with van der Waals surface area (Å²) in [6.07, 6.45) is -0.384. The van der Waals surface area contributed by atoms with Gasteiger partial charge in [0, 0.05) is 11.8 Å². The molecule has 0 saturated carbocycles. The van der Waals surface area contributed by atoms with Crippen LogP contribution < -0.4 is 0 Å². The monoisotopic (exact) mass is 330 g/mol. The maximum Gasteiger partial charge on any atom is 0.161 e. The fourth-order valence-corrected chi connectivity index (χ4v) is 3.86. The summed E-state index contributed by atoms with van der Waals surface area (Å²) in [6.45, 7) is 12.1. The average Bonchev–Trinajstić information content (AvgIpc) is 2.55. The summed E-state index contributed by atoms with van der Waals surface area (Å²) < 4.78 is 18.3. The van der Waals surface area contributed by atoms with Crippen LogP contribution in [0.5, 0.6) is 0 Å². The minimum atomic E-state index is -0.535. The number of hydrogen-bond donors (Lipinski definition) is 2. The van der Waals surface area contributed by atoms with Crippen molar-refractivity contribution in [3.8, 4) is 0 Å². The van der Waals surface area contributed by atoms with Crippen molar-refractivity contribution in [2.75, 3.05) is 0 Å². The van der Waals surface area contributed by atoms with Crippen molar-refractivity contribution < 1.29 is 24.4 Å². The van der Waals surface area contributed by atoms with Crippen molar-refractivity contribution in [3.05, 3.63) is 0 Å². The summed E-state index contributed by atoms with van der Waals surface area (Å²) in [6, 6.07) is 0. The lowest BCUT2D eigenvalue weighted by molar-refractivity contribution is -0.311. The number of ether oxygens (including phenoxy) is 3. The van der Waals surface area contributed by atoms with Gasteiger partial charge >= 0.3 is 0 Å². The third-order valence-corrected chi connectivity index (χ3v) is 5.88. The zero-order chi connectivity index (χ0) is 17.3. The van der Waals surface area contributed by atoms with E-state index in [-0.39, 0.29) is 48.5 Å². The molecule has 23 heavy (non-hydrogen) atoms. The van der Waals surface area contributed by atoms with Gasteiger partial charge in [0.25, 0.3) is 0 Å². The standard InChI is InChI=1S/C18H34O5/c1-7-13-16(20)9(3)10(4)18(22-13)23-17-11(5)15(19)12(6)21-14(17)8-2/h9-20H,7-8H2,1-6H3/t9-,10?,11-,12+,13?,14?,15?,16+,17+,18+/m1/s1. The Morgan fingerprint density at radius 1 is 0.783 bits per heavy atom. The lowest BCUT2D eigenvalue weighted by Crippen LogP contribution is -2.57. The van der Waals surface area contributed by atoms with Gasteiger partial charge in [-0.15, -0.1) is 0 Å². The van der Waals surface area contributed by atoms with E-state index < -0.39 is 12.2 Å². The first-order valence-corrected chi connectivity index (χ1v) is 9.14. The smallest absolute Gasteiger partial charge is 0.161 e. The molecule has 136 valence electrons. The topological polar surface area (TPSA) is 68.2 Å². The van der Waals surface area contributed by atoms with Gasteiger partial charge in [0.05, 0.1) is 36.6 Å². The van der Waals surface area contributed by atoms with Crippen LogP contribution in [0.1, 0.15) is 54.4 Å². The summed E-state index contributed by atoms with van der Waals surface area (Å²) in [5.74, 6) is 0.193. The van der Waals surface area contributed by atoms with Crippen LogP contribution in [0.15, 0.2) is 0 Å². The molecule has 0 aromatic rings. The summed E-state index contributed by atoms with van der Waals surface area (Å²) in [5.41, 5.74) is 0. The van der Waals surface area contributed by atoms with E-state index in [1.165, 1.54) is 0 Å². The summed E-state index contributed by atoms with van der Waals surface area (Å²) in [5, 5.41) is 20.6. The highest BCUT2D eigenvalue weighted by molar-refractivity contribution is 4.91. The second-order valence-electron chi connectivity index (χ2n) is 7.40. The number of rotatable bonds is 4. The van der Waals surface area contributed by atoms with Crippen molar-refractivity contribution in [2.24, 2.45) is 17.8 Å². The van der Waals surface area contributed by atoms with Gasteiger partial charge in [-0.2, -0.15) is 0 Å². The van der Waals surface area contributed by atoms with Gasteiger partial charge in [-0.3, -0.25) is 0 Å². The lowest BCUT2D eigenvalue weighted by atomic mass is 9.83. The molecule has 2 aliphatic heterocycles. The van der Waals surface area contributed by atoms with Gasteiger partial charge in [-0.05, 0) is 25.7 Å². The highest BCUT2D eigenvalue weighted by atomic mass is 16.7. The highest BCUT2D eigenvalue weighted by Crippen LogP contribution is 2.37. The van der Waals surface area contributed by atoms with Gasteiger partial charge in [-0.1, -0.05) is 34.6 Å². The molecule has 0 amide bonds. The number of aliphatic hydroxyl groups excluding tert-OH is 2. The minimum absolute atomic E-state index is 0.0123. The molecule has 0 aromatic heterocycles. The normalized spacial score (nSPS) is 51.7. The third-order valence-electron chi connectivity index (χ3n) is 5.88. The Kier molecular flexibility index (Phi) is 6.48. The van der Waals surface area contributed by atoms with Crippen LogP contribution in [0, 0.1) is 17.8 Å². The van der Waals surface area contributed by atoms with Crippen molar-refractivity contribution in [1.29, 1.82) is 0 Å². The Balaban J connectivity index is 2.11. The van der Waals surface area contributed by atoms with Crippen molar-refractivity contribution in [3.63, 3.8) is 0 Å². The van der Waals surface area contributed by atoms with Gasteiger partial charge in [-0.25, -0.2) is 0 Å². The predicted molar refractivity (Wildman–Crippen MR) is 88.0 cm³/mol. The van der Waals surface area contributed by atoms with Gasteiger partial charge in [0.1, 0.15) is 0 Å². The van der Waals surface area contributed by atoms with Crippen molar-refractivity contribution >= 4 is 0 Å². The molecule has 0 spiro atoms. The molecular weight excluding hydrogens is 296 g/mol. The van der Waals surface area contributed by atoms with Crippen LogP contribution in [0.25, 0.3) is 0 Å². The summed E-state index contributed by atoms with van der Waals surface area (Å²) >= 11 is 0. The second kappa shape index (κ2) is 7.79.